The van der Waals surface area contributed by atoms with Gasteiger partial charge in [-0.05, 0) is 61.1 Å². The fourth-order valence-electron chi connectivity index (χ4n) is 5.72. The molecule has 2 aliphatic heterocycles. The first-order valence-electron chi connectivity index (χ1n) is 14.3. The summed E-state index contributed by atoms with van der Waals surface area (Å²) in [6, 6.07) is 8.15. The van der Waals surface area contributed by atoms with E-state index in [0.29, 0.717) is 24.7 Å². The quantitative estimate of drug-likeness (QED) is 0.225. The number of methoxy groups -OCH3 is 1. The molecule has 1 saturated carbocycles. The molecule has 1 saturated heterocycles. The second-order valence-corrected chi connectivity index (χ2v) is 12.3. The number of fused-ring (bicyclic) bond motifs is 2. The van der Waals surface area contributed by atoms with Gasteiger partial charge in [-0.25, -0.2) is 13.8 Å². The van der Waals surface area contributed by atoms with E-state index in [1.807, 2.05) is 24.0 Å². The van der Waals surface area contributed by atoms with Gasteiger partial charge in [0.05, 0.1) is 18.0 Å². The molecule has 1 aromatic heterocycles. The number of hydrogen-bond donors (Lipinski definition) is 2. The summed E-state index contributed by atoms with van der Waals surface area (Å²) < 4.78 is 44.3. The molecule has 3 heterocycles. The molecule has 1 aliphatic carbocycles. The molecule has 228 valence electrons. The number of aromatic nitrogens is 1. The highest BCUT2D eigenvalue weighted by atomic mass is 35.5. The molecule has 8 nitrogen and oxygen atoms in total. The molecule has 1 amide bonds. The van der Waals surface area contributed by atoms with Gasteiger partial charge in [-0.2, -0.15) is 0 Å². The van der Waals surface area contributed by atoms with Crippen LogP contribution in [0.25, 0.3) is 5.57 Å². The second kappa shape index (κ2) is 12.8. The molecule has 2 aromatic carbocycles. The lowest BCUT2D eigenvalue weighted by molar-refractivity contribution is -0.128. The summed E-state index contributed by atoms with van der Waals surface area (Å²) in [5.41, 5.74) is 3.87. The van der Waals surface area contributed by atoms with E-state index >= 15 is 0 Å². The molecule has 12 heteroatoms. The first-order valence-corrected chi connectivity index (χ1v) is 15.5. The Kier molecular flexibility index (Phi) is 8.85. The van der Waals surface area contributed by atoms with Gasteiger partial charge in [0.2, 0.25) is 0 Å². The average molecular weight is 631 g/mol. The molecule has 2 N–H and O–H groups in total. The molecule has 3 aromatic rings. The SMILES string of the molecule is COc1cccc(CN(C(=O)C2=C(c3cnc(OCCOc4c(F)ccc(F)c4Cl)s3)CC3CNC[C@H]2N3)C2CC2)c1C. The lowest BCUT2D eigenvalue weighted by Crippen LogP contribution is -2.59. The summed E-state index contributed by atoms with van der Waals surface area (Å²) in [4.78, 5) is 21.7. The number of halogens is 3. The minimum Gasteiger partial charge on any atom is -0.496 e. The van der Waals surface area contributed by atoms with Gasteiger partial charge < -0.3 is 29.7 Å². The first kappa shape index (κ1) is 29.8. The Hall–Kier alpha value is -3.25. The Morgan fingerprint density at radius 2 is 1.93 bits per heavy atom. The fourth-order valence-corrected chi connectivity index (χ4v) is 6.79. The Morgan fingerprint density at radius 3 is 2.72 bits per heavy atom. The number of amides is 1. The highest BCUT2D eigenvalue weighted by Crippen LogP contribution is 2.39. The van der Waals surface area contributed by atoms with Gasteiger partial charge in [0, 0.05) is 43.5 Å². The van der Waals surface area contributed by atoms with E-state index in [9.17, 15) is 13.6 Å². The number of benzene rings is 2. The minimum absolute atomic E-state index is 0.0395. The molecule has 2 bridgehead atoms. The van der Waals surface area contributed by atoms with E-state index in [-0.39, 0.29) is 43.0 Å². The summed E-state index contributed by atoms with van der Waals surface area (Å²) in [5.74, 6) is -1.01. The zero-order valence-electron chi connectivity index (χ0n) is 23.9. The summed E-state index contributed by atoms with van der Waals surface area (Å²) in [6.45, 7) is 4.02. The molecule has 1 unspecified atom stereocenters. The average Bonchev–Trinajstić information content (AvgIpc) is 3.74. The van der Waals surface area contributed by atoms with Crippen molar-refractivity contribution >= 4 is 34.4 Å². The molecule has 2 atom stereocenters. The van der Waals surface area contributed by atoms with Crippen molar-refractivity contribution in [3.05, 3.63) is 74.8 Å². The van der Waals surface area contributed by atoms with Crippen LogP contribution in [-0.2, 0) is 11.3 Å². The molecule has 0 spiro atoms. The number of ether oxygens (including phenoxy) is 3. The van der Waals surface area contributed by atoms with Crippen LogP contribution in [0.1, 0.15) is 35.3 Å². The lowest BCUT2D eigenvalue weighted by atomic mass is 9.86. The maximum absolute atomic E-state index is 14.4. The van der Waals surface area contributed by atoms with Crippen LogP contribution in [0.15, 0.2) is 42.1 Å². The van der Waals surface area contributed by atoms with E-state index in [1.165, 1.54) is 11.3 Å². The standard InChI is InChI=1S/C31H33ClF2N4O4S/c1-17-18(4-3-5-25(17)40-2)16-38(20-6-7-20)30(39)27-21(12-19-13-35-14-24(27)37-19)26-15-36-31(43-26)42-11-10-41-29-23(34)9-8-22(33)28(29)32/h3-5,8-9,15,19-20,24,35,37H,6-7,10-14,16H2,1-2H3/t19?,24-/m1/s1. The number of hydrogen-bond acceptors (Lipinski definition) is 8. The number of nitrogens with one attached hydrogen (secondary N) is 2. The monoisotopic (exact) mass is 630 g/mol. The van der Waals surface area contributed by atoms with E-state index in [0.717, 1.165) is 64.4 Å². The van der Waals surface area contributed by atoms with Gasteiger partial charge in [0.15, 0.2) is 11.6 Å². The van der Waals surface area contributed by atoms with E-state index < -0.39 is 16.7 Å². The van der Waals surface area contributed by atoms with Crippen molar-refractivity contribution in [1.29, 1.82) is 0 Å². The molecule has 3 aliphatic rings. The van der Waals surface area contributed by atoms with Crippen LogP contribution in [0.4, 0.5) is 8.78 Å². The maximum Gasteiger partial charge on any atom is 0.273 e. The summed E-state index contributed by atoms with van der Waals surface area (Å²) in [5, 5.41) is 7.11. The number of carbonyl (C=O) groups excluding carboxylic acids is 1. The highest BCUT2D eigenvalue weighted by Gasteiger charge is 2.41. The topological polar surface area (TPSA) is 85.0 Å². The Balaban J connectivity index is 1.21. The van der Waals surface area contributed by atoms with Crippen LogP contribution in [0.5, 0.6) is 16.7 Å². The lowest BCUT2D eigenvalue weighted by Gasteiger charge is -2.40. The predicted octanol–water partition coefficient (Wildman–Crippen LogP) is 5.13. The smallest absolute Gasteiger partial charge is 0.273 e. The Bertz CT molecular complexity index is 1550. The van der Waals surface area contributed by atoms with E-state index in [2.05, 4.69) is 21.7 Å². The minimum atomic E-state index is -0.761. The molecule has 2 fully saturated rings. The van der Waals surface area contributed by atoms with Gasteiger partial charge in [-0.3, -0.25) is 4.79 Å². The predicted molar refractivity (Wildman–Crippen MR) is 161 cm³/mol. The molecular formula is C31H33ClF2N4O4S. The van der Waals surface area contributed by atoms with Crippen molar-refractivity contribution in [2.24, 2.45) is 0 Å². The summed E-state index contributed by atoms with van der Waals surface area (Å²) >= 11 is 7.19. The summed E-state index contributed by atoms with van der Waals surface area (Å²) in [7, 11) is 1.66. The number of rotatable bonds is 11. The van der Waals surface area contributed by atoms with E-state index in [4.69, 9.17) is 25.8 Å². The Morgan fingerprint density at radius 1 is 1.14 bits per heavy atom. The second-order valence-electron chi connectivity index (χ2n) is 10.9. The van der Waals surface area contributed by atoms with Crippen LogP contribution in [0.3, 0.4) is 0 Å². The van der Waals surface area contributed by atoms with E-state index in [1.54, 1.807) is 13.3 Å². The normalized spacial score (nSPS) is 19.7. The van der Waals surface area contributed by atoms with Crippen molar-refractivity contribution in [1.82, 2.24) is 20.5 Å². The highest BCUT2D eigenvalue weighted by molar-refractivity contribution is 7.14. The number of nitrogens with zero attached hydrogens (tertiary/aromatic N) is 2. The van der Waals surface area contributed by atoms with Crippen LogP contribution in [-0.4, -0.2) is 67.3 Å². The fraction of sp³-hybridized carbons (Fsp3) is 0.419. The van der Waals surface area contributed by atoms with Crippen LogP contribution < -0.4 is 24.8 Å². The van der Waals surface area contributed by atoms with Gasteiger partial charge >= 0.3 is 0 Å². The van der Waals surface area contributed by atoms with Crippen LogP contribution in [0.2, 0.25) is 5.02 Å². The molecule has 6 rings (SSSR count). The number of carbonyl (C=O) groups is 1. The number of thiazole rings is 1. The van der Waals surface area contributed by atoms with Crippen molar-refractivity contribution in [2.75, 3.05) is 33.4 Å². The number of piperazine rings is 1. The van der Waals surface area contributed by atoms with Gasteiger partial charge in [0.1, 0.15) is 29.8 Å². The first-order chi connectivity index (χ1) is 20.8. The molecule has 0 radical (unpaired) electrons. The van der Waals surface area contributed by atoms with Crippen LogP contribution >= 0.6 is 22.9 Å². The molecular weight excluding hydrogens is 598 g/mol. The Labute approximate surface area is 258 Å². The van der Waals surface area contributed by atoms with Crippen molar-refractivity contribution in [3.8, 4) is 16.7 Å². The largest absolute Gasteiger partial charge is 0.496 e. The van der Waals surface area contributed by atoms with Crippen molar-refractivity contribution in [2.45, 2.75) is 50.9 Å². The third-order valence-electron chi connectivity index (χ3n) is 8.08. The third kappa shape index (κ3) is 6.35. The van der Waals surface area contributed by atoms with Gasteiger partial charge in [-0.15, -0.1) is 0 Å². The zero-order valence-corrected chi connectivity index (χ0v) is 25.5. The van der Waals surface area contributed by atoms with Gasteiger partial charge in [-0.1, -0.05) is 35.1 Å². The zero-order chi connectivity index (χ0) is 30.1. The summed E-state index contributed by atoms with van der Waals surface area (Å²) in [6.07, 6.45) is 4.40. The van der Waals surface area contributed by atoms with Crippen molar-refractivity contribution in [3.63, 3.8) is 0 Å². The van der Waals surface area contributed by atoms with Gasteiger partial charge in [0.25, 0.3) is 11.1 Å². The third-order valence-corrected chi connectivity index (χ3v) is 9.40. The maximum atomic E-state index is 14.4. The van der Waals surface area contributed by atoms with Crippen LogP contribution in [0, 0.1) is 18.6 Å². The molecule has 43 heavy (non-hydrogen) atoms. The van der Waals surface area contributed by atoms with Crippen molar-refractivity contribution < 1.29 is 27.8 Å².